The van der Waals surface area contributed by atoms with Crippen molar-refractivity contribution in [3.8, 4) is 11.8 Å². The van der Waals surface area contributed by atoms with E-state index in [4.69, 9.17) is 4.74 Å². The Kier molecular flexibility index (Phi) is 4.02. The number of hydrogen-bond acceptors (Lipinski definition) is 4. The Hall–Kier alpha value is -1.25. The van der Waals surface area contributed by atoms with Crippen LogP contribution in [0.1, 0.15) is 11.3 Å². The van der Waals surface area contributed by atoms with Crippen molar-refractivity contribution in [1.82, 2.24) is 4.98 Å². The number of rotatable bonds is 4. The maximum Gasteiger partial charge on any atom is 0.175 e. The predicted octanol–water partition coefficient (Wildman–Crippen LogP) is 3.89. The largest absolute Gasteiger partial charge is 0.497 e. The van der Waals surface area contributed by atoms with Crippen LogP contribution in [-0.4, -0.2) is 24.6 Å². The van der Waals surface area contributed by atoms with Gasteiger partial charge in [-0.1, -0.05) is 0 Å². The van der Waals surface area contributed by atoms with E-state index in [1.54, 1.807) is 30.6 Å². The number of aryl methyl sites for hydroxylation is 1. The normalized spacial score (nSPS) is 11.5. The molecule has 1 heterocycles. The maximum absolute atomic E-state index is 9.62. The molecule has 1 N–H and O–H groups in total. The first-order valence-corrected chi connectivity index (χ1v) is 8.25. The van der Waals surface area contributed by atoms with Gasteiger partial charge in [0.2, 0.25) is 0 Å². The van der Waals surface area contributed by atoms with Gasteiger partial charge in [-0.3, -0.25) is 0 Å². The van der Waals surface area contributed by atoms with Crippen molar-refractivity contribution in [3.05, 3.63) is 29.5 Å². The molecule has 1 aromatic heterocycles. The van der Waals surface area contributed by atoms with Gasteiger partial charge in [0.25, 0.3) is 0 Å². The number of aromatic amines is 1. The van der Waals surface area contributed by atoms with Crippen molar-refractivity contribution in [2.45, 2.75) is 11.0 Å². The van der Waals surface area contributed by atoms with Gasteiger partial charge in [0, 0.05) is 22.2 Å². The van der Waals surface area contributed by atoms with E-state index in [-0.39, 0.29) is 0 Å². The van der Waals surface area contributed by atoms with Gasteiger partial charge in [0.15, 0.2) is 4.08 Å². The molecule has 2 rings (SSSR count). The van der Waals surface area contributed by atoms with Crippen LogP contribution in [0, 0.1) is 18.3 Å². The molecule has 0 radical (unpaired) electrons. The van der Waals surface area contributed by atoms with Crippen molar-refractivity contribution in [2.24, 2.45) is 0 Å². The summed E-state index contributed by atoms with van der Waals surface area (Å²) in [4.78, 5) is 3.35. The fraction of sp³-hybridized carbons (Fsp3) is 0.357. The third-order valence-electron chi connectivity index (χ3n) is 3.24. The number of nitrogens with one attached hydrogen (secondary N) is 1. The van der Waals surface area contributed by atoms with E-state index in [1.165, 1.54) is 0 Å². The quantitative estimate of drug-likeness (QED) is 0.869. The van der Waals surface area contributed by atoms with Gasteiger partial charge in [0.1, 0.15) is 5.75 Å². The molecule has 0 saturated carbocycles. The van der Waals surface area contributed by atoms with Gasteiger partial charge in [-0.25, -0.2) is 0 Å². The van der Waals surface area contributed by atoms with Gasteiger partial charge in [-0.05, 0) is 37.6 Å². The minimum atomic E-state index is -0.589. The van der Waals surface area contributed by atoms with Gasteiger partial charge >= 0.3 is 0 Å². The number of methoxy groups -OCH3 is 1. The average molecular weight is 292 g/mol. The Labute approximate surface area is 121 Å². The number of hydrogen-bond donors (Lipinski definition) is 1. The van der Waals surface area contributed by atoms with E-state index < -0.39 is 4.08 Å². The number of aromatic nitrogens is 1. The third kappa shape index (κ3) is 2.19. The summed E-state index contributed by atoms with van der Waals surface area (Å²) in [5.41, 5.74) is 3.12. The van der Waals surface area contributed by atoms with Gasteiger partial charge in [-0.15, -0.1) is 23.5 Å². The van der Waals surface area contributed by atoms with E-state index in [2.05, 4.69) is 11.1 Å². The maximum atomic E-state index is 9.62. The standard InChI is InChI=1S/C14H16N2OS2/c1-9-13(14(8-15,18-3)19-4)11-7-10(17-2)5-6-12(11)16-9/h5-7,16H,1-4H3. The Morgan fingerprint density at radius 2 is 2.00 bits per heavy atom. The summed E-state index contributed by atoms with van der Waals surface area (Å²) < 4.78 is 4.70. The van der Waals surface area contributed by atoms with Crippen LogP contribution in [0.3, 0.4) is 0 Å². The smallest absolute Gasteiger partial charge is 0.175 e. The van der Waals surface area contributed by atoms with Crippen LogP contribution >= 0.6 is 23.5 Å². The van der Waals surface area contributed by atoms with Crippen LogP contribution in [0.2, 0.25) is 0 Å². The summed E-state index contributed by atoms with van der Waals surface area (Å²) in [6.07, 6.45) is 3.94. The minimum Gasteiger partial charge on any atom is -0.497 e. The Bertz CT molecular complexity index is 639. The molecule has 0 unspecified atom stereocenters. The Morgan fingerprint density at radius 1 is 1.32 bits per heavy atom. The molecule has 0 aliphatic carbocycles. The first-order chi connectivity index (χ1) is 9.11. The molecule has 0 amide bonds. The molecule has 0 atom stereocenters. The number of nitrogens with zero attached hydrogens (tertiary/aromatic N) is 1. The molecule has 0 saturated heterocycles. The van der Waals surface area contributed by atoms with Gasteiger partial charge in [0.05, 0.1) is 13.2 Å². The number of benzene rings is 1. The summed E-state index contributed by atoms with van der Waals surface area (Å²) in [5.74, 6) is 0.807. The topological polar surface area (TPSA) is 48.8 Å². The van der Waals surface area contributed by atoms with Gasteiger partial charge < -0.3 is 9.72 Å². The molecule has 0 aliphatic heterocycles. The summed E-state index contributed by atoms with van der Waals surface area (Å²) in [7, 11) is 1.65. The lowest BCUT2D eigenvalue weighted by molar-refractivity contribution is 0.415. The van der Waals surface area contributed by atoms with Crippen molar-refractivity contribution >= 4 is 34.4 Å². The summed E-state index contributed by atoms with van der Waals surface area (Å²) in [6.45, 7) is 2.01. The van der Waals surface area contributed by atoms with E-state index in [1.807, 2.05) is 37.6 Å². The Morgan fingerprint density at radius 3 is 2.53 bits per heavy atom. The summed E-state index contributed by atoms with van der Waals surface area (Å²) in [6, 6.07) is 8.36. The summed E-state index contributed by atoms with van der Waals surface area (Å²) >= 11 is 3.12. The Balaban J connectivity index is 2.78. The van der Waals surface area contributed by atoms with Crippen LogP contribution in [0.15, 0.2) is 18.2 Å². The number of fused-ring (bicyclic) bond motifs is 1. The molecule has 100 valence electrons. The molecular formula is C14H16N2OS2. The molecule has 3 nitrogen and oxygen atoms in total. The zero-order valence-corrected chi connectivity index (χ0v) is 13.0. The van der Waals surface area contributed by atoms with E-state index in [0.717, 1.165) is 27.9 Å². The fourth-order valence-electron chi connectivity index (χ4n) is 2.29. The monoisotopic (exact) mass is 292 g/mol. The molecule has 19 heavy (non-hydrogen) atoms. The number of thioether (sulfide) groups is 2. The van der Waals surface area contributed by atoms with Crippen LogP contribution in [-0.2, 0) is 4.08 Å². The zero-order valence-electron chi connectivity index (χ0n) is 11.4. The van der Waals surface area contributed by atoms with Crippen molar-refractivity contribution in [1.29, 1.82) is 5.26 Å². The number of H-pyrrole nitrogens is 1. The number of nitriles is 1. The highest BCUT2D eigenvalue weighted by Crippen LogP contribution is 2.48. The molecule has 0 fully saturated rings. The van der Waals surface area contributed by atoms with Crippen molar-refractivity contribution in [2.75, 3.05) is 19.6 Å². The van der Waals surface area contributed by atoms with Crippen LogP contribution < -0.4 is 4.74 Å². The van der Waals surface area contributed by atoms with Gasteiger partial charge in [-0.2, -0.15) is 5.26 Å². The highest BCUT2D eigenvalue weighted by atomic mass is 32.2. The molecule has 5 heteroatoms. The molecule has 2 aromatic rings. The molecule has 0 bridgehead atoms. The highest BCUT2D eigenvalue weighted by molar-refractivity contribution is 8.17. The second-order valence-corrected chi connectivity index (χ2v) is 6.47. The second-order valence-electron chi connectivity index (χ2n) is 4.17. The van der Waals surface area contributed by atoms with E-state index >= 15 is 0 Å². The lowest BCUT2D eigenvalue weighted by atomic mass is 10.1. The molecule has 1 aromatic carbocycles. The first-order valence-electron chi connectivity index (χ1n) is 5.80. The summed E-state index contributed by atoms with van der Waals surface area (Å²) in [5, 5.41) is 10.7. The van der Waals surface area contributed by atoms with Crippen LogP contribution in [0.5, 0.6) is 5.75 Å². The van der Waals surface area contributed by atoms with E-state index in [0.29, 0.717) is 0 Å². The number of ether oxygens (including phenoxy) is 1. The van der Waals surface area contributed by atoms with Crippen LogP contribution in [0.4, 0.5) is 0 Å². The third-order valence-corrected chi connectivity index (χ3v) is 5.99. The SMILES string of the molecule is COc1ccc2[nH]c(C)c(C(C#N)(SC)SC)c2c1. The van der Waals surface area contributed by atoms with Crippen LogP contribution in [0.25, 0.3) is 10.9 Å². The molecular weight excluding hydrogens is 276 g/mol. The van der Waals surface area contributed by atoms with Crippen molar-refractivity contribution in [3.63, 3.8) is 0 Å². The van der Waals surface area contributed by atoms with E-state index in [9.17, 15) is 5.26 Å². The minimum absolute atomic E-state index is 0.589. The zero-order chi connectivity index (χ0) is 14.0. The molecule has 0 aliphatic rings. The second kappa shape index (κ2) is 5.40. The first kappa shape index (κ1) is 14.2. The fourth-order valence-corrected chi connectivity index (χ4v) is 4.08. The highest BCUT2D eigenvalue weighted by Gasteiger charge is 2.35. The lowest BCUT2D eigenvalue weighted by Crippen LogP contribution is -2.14. The molecule has 0 spiro atoms. The lowest BCUT2D eigenvalue weighted by Gasteiger charge is -2.22. The predicted molar refractivity (Wildman–Crippen MR) is 83.9 cm³/mol. The average Bonchev–Trinajstić information content (AvgIpc) is 2.78. The van der Waals surface area contributed by atoms with Crippen molar-refractivity contribution < 1.29 is 4.74 Å².